The Kier molecular flexibility index (Phi) is 4.26. The number of carbonyl (C=O) groups is 1. The van der Waals surface area contributed by atoms with Crippen LogP contribution < -0.4 is 11.1 Å². The SMILES string of the molecule is Cc1ccc(NC(C)(Cc2ccccc2F)C(N)=O)cc1. The molecular formula is C17H19FN2O. The van der Waals surface area contributed by atoms with Gasteiger partial charge in [0, 0.05) is 12.1 Å². The smallest absolute Gasteiger partial charge is 0.243 e. The number of carbonyl (C=O) groups excluding carboxylic acids is 1. The Labute approximate surface area is 124 Å². The minimum Gasteiger partial charge on any atom is -0.371 e. The van der Waals surface area contributed by atoms with E-state index in [1.54, 1.807) is 25.1 Å². The van der Waals surface area contributed by atoms with Crippen molar-refractivity contribution in [3.05, 3.63) is 65.5 Å². The summed E-state index contributed by atoms with van der Waals surface area (Å²) in [4.78, 5) is 11.8. The maximum absolute atomic E-state index is 13.8. The summed E-state index contributed by atoms with van der Waals surface area (Å²) >= 11 is 0. The van der Waals surface area contributed by atoms with Crippen molar-refractivity contribution in [3.8, 4) is 0 Å². The molecule has 3 N–H and O–H groups in total. The van der Waals surface area contributed by atoms with Gasteiger partial charge in [0.05, 0.1) is 0 Å². The van der Waals surface area contributed by atoms with E-state index in [0.717, 1.165) is 11.3 Å². The number of benzene rings is 2. The molecule has 0 bridgehead atoms. The van der Waals surface area contributed by atoms with Gasteiger partial charge in [-0.1, -0.05) is 35.9 Å². The molecule has 110 valence electrons. The summed E-state index contributed by atoms with van der Waals surface area (Å²) in [6.45, 7) is 3.66. The fraction of sp³-hybridized carbons (Fsp3) is 0.235. The van der Waals surface area contributed by atoms with Crippen LogP contribution in [0, 0.1) is 12.7 Å². The predicted octanol–water partition coefficient (Wildman–Crippen LogP) is 3.03. The summed E-state index contributed by atoms with van der Waals surface area (Å²) in [5.74, 6) is -0.859. The molecule has 1 amide bonds. The van der Waals surface area contributed by atoms with Crippen LogP contribution in [0.2, 0.25) is 0 Å². The monoisotopic (exact) mass is 286 g/mol. The Hall–Kier alpha value is -2.36. The topological polar surface area (TPSA) is 55.1 Å². The molecule has 1 atom stereocenters. The van der Waals surface area contributed by atoms with E-state index < -0.39 is 11.4 Å². The first-order chi connectivity index (χ1) is 9.90. The van der Waals surface area contributed by atoms with Crippen molar-refractivity contribution in [1.29, 1.82) is 0 Å². The van der Waals surface area contributed by atoms with Crippen LogP contribution in [0.5, 0.6) is 0 Å². The minimum absolute atomic E-state index is 0.183. The third-order valence-corrected chi connectivity index (χ3v) is 3.52. The number of aryl methyl sites for hydroxylation is 1. The molecule has 2 aromatic rings. The van der Waals surface area contributed by atoms with Crippen LogP contribution in [-0.4, -0.2) is 11.4 Å². The van der Waals surface area contributed by atoms with Crippen LogP contribution in [0.1, 0.15) is 18.1 Å². The van der Waals surface area contributed by atoms with Crippen molar-refractivity contribution in [3.63, 3.8) is 0 Å². The maximum Gasteiger partial charge on any atom is 0.243 e. The maximum atomic E-state index is 13.8. The lowest BCUT2D eigenvalue weighted by Gasteiger charge is -2.29. The zero-order chi connectivity index (χ0) is 15.5. The third kappa shape index (κ3) is 3.60. The molecule has 0 saturated carbocycles. The van der Waals surface area contributed by atoms with Crippen LogP contribution in [0.25, 0.3) is 0 Å². The highest BCUT2D eigenvalue weighted by molar-refractivity contribution is 5.87. The van der Waals surface area contributed by atoms with E-state index in [1.165, 1.54) is 6.07 Å². The number of hydrogen-bond donors (Lipinski definition) is 2. The lowest BCUT2D eigenvalue weighted by atomic mass is 9.91. The Bertz CT molecular complexity index is 639. The molecule has 2 rings (SSSR count). The second kappa shape index (κ2) is 5.95. The Morgan fingerprint density at radius 1 is 1.19 bits per heavy atom. The number of anilines is 1. The molecule has 0 aliphatic heterocycles. The van der Waals surface area contributed by atoms with Gasteiger partial charge in [-0.25, -0.2) is 4.39 Å². The number of primary amides is 1. The van der Waals surface area contributed by atoms with Crippen molar-refractivity contribution in [2.75, 3.05) is 5.32 Å². The number of nitrogens with one attached hydrogen (secondary N) is 1. The van der Waals surface area contributed by atoms with E-state index in [0.29, 0.717) is 5.56 Å². The molecule has 0 radical (unpaired) electrons. The molecule has 21 heavy (non-hydrogen) atoms. The van der Waals surface area contributed by atoms with Gasteiger partial charge in [0.2, 0.25) is 5.91 Å². The molecule has 1 unspecified atom stereocenters. The van der Waals surface area contributed by atoms with E-state index in [2.05, 4.69) is 5.32 Å². The largest absolute Gasteiger partial charge is 0.371 e. The Balaban J connectivity index is 2.26. The lowest BCUT2D eigenvalue weighted by Crippen LogP contribution is -2.49. The highest BCUT2D eigenvalue weighted by Crippen LogP contribution is 2.21. The fourth-order valence-corrected chi connectivity index (χ4v) is 2.17. The lowest BCUT2D eigenvalue weighted by molar-refractivity contribution is -0.121. The third-order valence-electron chi connectivity index (χ3n) is 3.52. The predicted molar refractivity (Wildman–Crippen MR) is 82.5 cm³/mol. The van der Waals surface area contributed by atoms with Gasteiger partial charge in [-0.05, 0) is 37.6 Å². The van der Waals surface area contributed by atoms with E-state index in [9.17, 15) is 9.18 Å². The Morgan fingerprint density at radius 3 is 2.38 bits per heavy atom. The van der Waals surface area contributed by atoms with Crippen LogP contribution in [-0.2, 0) is 11.2 Å². The van der Waals surface area contributed by atoms with Gasteiger partial charge in [-0.2, -0.15) is 0 Å². The zero-order valence-corrected chi connectivity index (χ0v) is 12.2. The minimum atomic E-state index is -1.06. The zero-order valence-electron chi connectivity index (χ0n) is 12.2. The van der Waals surface area contributed by atoms with E-state index >= 15 is 0 Å². The van der Waals surface area contributed by atoms with Gasteiger partial charge < -0.3 is 11.1 Å². The van der Waals surface area contributed by atoms with Crippen molar-refractivity contribution >= 4 is 11.6 Å². The molecule has 0 saturated heterocycles. The quantitative estimate of drug-likeness (QED) is 0.887. The van der Waals surface area contributed by atoms with Crippen molar-refractivity contribution in [1.82, 2.24) is 0 Å². The second-order valence-corrected chi connectivity index (χ2v) is 5.46. The molecule has 4 heteroatoms. The molecule has 0 heterocycles. The second-order valence-electron chi connectivity index (χ2n) is 5.46. The van der Waals surface area contributed by atoms with Gasteiger partial charge in [-0.3, -0.25) is 4.79 Å². The molecule has 0 aliphatic rings. The highest BCUT2D eigenvalue weighted by atomic mass is 19.1. The van der Waals surface area contributed by atoms with Crippen molar-refractivity contribution in [2.45, 2.75) is 25.8 Å². The average Bonchev–Trinajstić information content (AvgIpc) is 2.44. The molecule has 2 aromatic carbocycles. The standard InChI is InChI=1S/C17H19FN2O/c1-12-7-9-14(10-8-12)20-17(2,16(19)21)11-13-5-3-4-6-15(13)18/h3-10,20H,11H2,1-2H3,(H2,19,21). The van der Waals surface area contributed by atoms with Crippen molar-refractivity contribution < 1.29 is 9.18 Å². The molecular weight excluding hydrogens is 267 g/mol. The van der Waals surface area contributed by atoms with Gasteiger partial charge in [0.15, 0.2) is 0 Å². The van der Waals surface area contributed by atoms with E-state index in [4.69, 9.17) is 5.73 Å². The molecule has 0 spiro atoms. The van der Waals surface area contributed by atoms with Crippen LogP contribution in [0.3, 0.4) is 0 Å². The van der Waals surface area contributed by atoms with E-state index in [1.807, 2.05) is 31.2 Å². The van der Waals surface area contributed by atoms with Crippen LogP contribution in [0.15, 0.2) is 48.5 Å². The van der Waals surface area contributed by atoms with Gasteiger partial charge in [-0.15, -0.1) is 0 Å². The number of hydrogen-bond acceptors (Lipinski definition) is 2. The Morgan fingerprint density at radius 2 is 1.81 bits per heavy atom. The van der Waals surface area contributed by atoms with Crippen LogP contribution >= 0.6 is 0 Å². The molecule has 3 nitrogen and oxygen atoms in total. The summed E-state index contributed by atoms with van der Waals surface area (Å²) in [5.41, 5.74) is 6.82. The van der Waals surface area contributed by atoms with Crippen LogP contribution in [0.4, 0.5) is 10.1 Å². The van der Waals surface area contributed by atoms with Gasteiger partial charge in [0.25, 0.3) is 0 Å². The first-order valence-electron chi connectivity index (χ1n) is 6.79. The number of nitrogens with two attached hydrogens (primary N) is 1. The van der Waals surface area contributed by atoms with Gasteiger partial charge in [0.1, 0.15) is 11.4 Å². The van der Waals surface area contributed by atoms with Crippen molar-refractivity contribution in [2.24, 2.45) is 5.73 Å². The first kappa shape index (κ1) is 15.0. The summed E-state index contributed by atoms with van der Waals surface area (Å²) in [5, 5.41) is 3.12. The number of halogens is 1. The fourth-order valence-electron chi connectivity index (χ4n) is 2.17. The molecule has 0 aromatic heterocycles. The number of amides is 1. The first-order valence-corrected chi connectivity index (χ1v) is 6.79. The summed E-state index contributed by atoms with van der Waals surface area (Å²) in [7, 11) is 0. The van der Waals surface area contributed by atoms with Gasteiger partial charge >= 0.3 is 0 Å². The summed E-state index contributed by atoms with van der Waals surface area (Å²) in [6, 6.07) is 14.0. The number of rotatable bonds is 5. The highest BCUT2D eigenvalue weighted by Gasteiger charge is 2.32. The average molecular weight is 286 g/mol. The summed E-state index contributed by atoms with van der Waals surface area (Å²) in [6.07, 6.45) is 0.183. The normalized spacial score (nSPS) is 13.5. The molecule has 0 aliphatic carbocycles. The summed E-state index contributed by atoms with van der Waals surface area (Å²) < 4.78 is 13.8. The van der Waals surface area contributed by atoms with E-state index in [-0.39, 0.29) is 12.2 Å². The molecule has 0 fully saturated rings.